The summed E-state index contributed by atoms with van der Waals surface area (Å²) in [7, 11) is 0. The number of nitrogens with zero attached hydrogens (tertiary/aromatic N) is 3. The highest BCUT2D eigenvalue weighted by atomic mass is 16.2. The van der Waals surface area contributed by atoms with E-state index in [4.69, 9.17) is 0 Å². The number of carbonyl (C=O) groups excluding carboxylic acids is 2. The maximum absolute atomic E-state index is 13.3. The molecule has 7 nitrogen and oxygen atoms in total. The molecular formula is C28H37N5O2. The molecule has 7 rings (SSSR count). The number of nitrogens with one attached hydrogen (secondary N) is 2. The fourth-order valence-corrected chi connectivity index (χ4v) is 9.32. The lowest BCUT2D eigenvalue weighted by Crippen LogP contribution is -2.53. The quantitative estimate of drug-likeness (QED) is 0.660. The number of hydrogen-bond acceptors (Lipinski definition) is 4. The highest BCUT2D eigenvalue weighted by Crippen LogP contribution is 2.82. The average molecular weight is 476 g/mol. The number of anilines is 1. The van der Waals surface area contributed by atoms with Gasteiger partial charge < -0.3 is 15.5 Å². The maximum atomic E-state index is 13.3. The molecule has 6 unspecified atom stereocenters. The van der Waals surface area contributed by atoms with Crippen LogP contribution >= 0.6 is 0 Å². The molecular weight excluding hydrogens is 438 g/mol. The Balaban J connectivity index is 1.07. The minimum absolute atomic E-state index is 0.0356. The SMILES string of the molecule is CC(C)NC1CCN(C(=O)c2cn3c(NC(=O)CC45CC6CC7CC(C4)C5(C7)C6)cccc3n2)C1. The van der Waals surface area contributed by atoms with Gasteiger partial charge >= 0.3 is 0 Å². The summed E-state index contributed by atoms with van der Waals surface area (Å²) in [5, 5.41) is 6.72. The van der Waals surface area contributed by atoms with Gasteiger partial charge in [-0.15, -0.1) is 0 Å². The van der Waals surface area contributed by atoms with Crippen molar-refractivity contribution in [2.45, 2.75) is 77.3 Å². The van der Waals surface area contributed by atoms with E-state index in [0.29, 0.717) is 47.6 Å². The number of aromatic nitrogens is 2. The van der Waals surface area contributed by atoms with Gasteiger partial charge in [-0.3, -0.25) is 14.0 Å². The van der Waals surface area contributed by atoms with Crippen LogP contribution in [-0.2, 0) is 4.79 Å². The molecule has 6 atom stereocenters. The summed E-state index contributed by atoms with van der Waals surface area (Å²) in [5.74, 6) is 3.43. The van der Waals surface area contributed by atoms with Crippen LogP contribution in [0, 0.1) is 28.6 Å². The van der Waals surface area contributed by atoms with Crippen molar-refractivity contribution < 1.29 is 9.59 Å². The van der Waals surface area contributed by atoms with Crippen molar-refractivity contribution in [2.24, 2.45) is 28.6 Å². The Morgan fingerprint density at radius 1 is 1.14 bits per heavy atom. The molecule has 2 N–H and O–H groups in total. The third-order valence-corrected chi connectivity index (χ3v) is 10.3. The Kier molecular flexibility index (Phi) is 4.71. The zero-order chi connectivity index (χ0) is 23.9. The van der Waals surface area contributed by atoms with Gasteiger partial charge in [-0.1, -0.05) is 19.9 Å². The van der Waals surface area contributed by atoms with Crippen LogP contribution in [-0.4, -0.2) is 51.3 Å². The number of likely N-dealkylation sites (tertiary alicyclic amines) is 1. The minimum Gasteiger partial charge on any atom is -0.336 e. The van der Waals surface area contributed by atoms with Gasteiger partial charge in [0.2, 0.25) is 5.91 Å². The molecule has 7 heteroatoms. The van der Waals surface area contributed by atoms with Crippen LogP contribution in [0.2, 0.25) is 0 Å². The molecule has 2 amide bonds. The molecule has 1 saturated heterocycles. The molecule has 2 aromatic rings. The number of pyridine rings is 1. The summed E-state index contributed by atoms with van der Waals surface area (Å²) < 4.78 is 1.86. The second-order valence-corrected chi connectivity index (χ2v) is 12.7. The first-order valence-electron chi connectivity index (χ1n) is 13.7. The molecule has 2 aromatic heterocycles. The second-order valence-electron chi connectivity index (χ2n) is 12.7. The van der Waals surface area contributed by atoms with E-state index in [0.717, 1.165) is 30.7 Å². The van der Waals surface area contributed by atoms with Crippen molar-refractivity contribution in [1.29, 1.82) is 0 Å². The van der Waals surface area contributed by atoms with Crippen molar-refractivity contribution in [2.75, 3.05) is 18.4 Å². The maximum Gasteiger partial charge on any atom is 0.274 e. The average Bonchev–Trinajstić information content (AvgIpc) is 3.52. The number of hydrogen-bond donors (Lipinski definition) is 2. The van der Waals surface area contributed by atoms with Crippen LogP contribution < -0.4 is 10.6 Å². The van der Waals surface area contributed by atoms with Crippen LogP contribution in [0.1, 0.15) is 75.7 Å². The summed E-state index contributed by atoms with van der Waals surface area (Å²) in [5.41, 5.74) is 1.84. The van der Waals surface area contributed by atoms with Crippen LogP contribution in [0.25, 0.3) is 5.65 Å². The molecule has 5 aliphatic rings. The summed E-state index contributed by atoms with van der Waals surface area (Å²) >= 11 is 0. The number of carbonyl (C=O) groups is 2. The van der Waals surface area contributed by atoms with Crippen molar-refractivity contribution in [3.8, 4) is 0 Å². The standard InChI is InChI=1S/C28H37N5O2/c1-17(2)29-21-6-7-32(15-21)26(35)22-16-33-23(30-22)4-3-5-24(33)31-25(34)14-27-10-19-8-18-9-20(13-27)28(27,11-18)12-19/h3-5,16-21,29H,6-15H2,1-2H3,(H,31,34). The Bertz CT molecular complexity index is 1200. The first-order chi connectivity index (χ1) is 16.8. The van der Waals surface area contributed by atoms with E-state index >= 15 is 0 Å². The first-order valence-corrected chi connectivity index (χ1v) is 13.7. The lowest BCUT2D eigenvalue weighted by molar-refractivity contribution is -0.136. The Morgan fingerprint density at radius 3 is 2.86 bits per heavy atom. The number of fused-ring (bicyclic) bond motifs is 3. The van der Waals surface area contributed by atoms with Crippen LogP contribution in [0.3, 0.4) is 0 Å². The lowest BCUT2D eigenvalue weighted by atomic mass is 9.45. The van der Waals surface area contributed by atoms with Gasteiger partial charge in [-0.25, -0.2) is 4.98 Å². The molecule has 35 heavy (non-hydrogen) atoms. The van der Waals surface area contributed by atoms with Crippen molar-refractivity contribution in [3.63, 3.8) is 0 Å². The molecule has 4 aliphatic carbocycles. The predicted octanol–water partition coefficient (Wildman–Crippen LogP) is 4.09. The fourth-order valence-electron chi connectivity index (χ4n) is 9.32. The van der Waals surface area contributed by atoms with E-state index in [1.807, 2.05) is 27.5 Å². The second kappa shape index (κ2) is 7.55. The van der Waals surface area contributed by atoms with Gasteiger partial charge in [0.05, 0.1) is 0 Å². The van der Waals surface area contributed by atoms with Gasteiger partial charge in [0.15, 0.2) is 0 Å². The largest absolute Gasteiger partial charge is 0.336 e. The number of amides is 2. The van der Waals surface area contributed by atoms with Gasteiger partial charge in [0, 0.05) is 37.8 Å². The molecule has 1 aliphatic heterocycles. The van der Waals surface area contributed by atoms with E-state index < -0.39 is 0 Å². The van der Waals surface area contributed by atoms with Crippen LogP contribution in [0.15, 0.2) is 24.4 Å². The van der Waals surface area contributed by atoms with Gasteiger partial charge in [0.25, 0.3) is 5.91 Å². The van der Waals surface area contributed by atoms with E-state index in [1.54, 1.807) is 6.20 Å². The van der Waals surface area contributed by atoms with Crippen molar-refractivity contribution in [3.05, 3.63) is 30.1 Å². The predicted molar refractivity (Wildman–Crippen MR) is 134 cm³/mol. The van der Waals surface area contributed by atoms with E-state index in [1.165, 1.54) is 38.5 Å². The van der Waals surface area contributed by atoms with Gasteiger partial charge in [0.1, 0.15) is 17.2 Å². The topological polar surface area (TPSA) is 78.7 Å². The number of rotatable bonds is 6. The Hall–Kier alpha value is -2.41. The zero-order valence-electron chi connectivity index (χ0n) is 20.9. The summed E-state index contributed by atoms with van der Waals surface area (Å²) in [6, 6.07) is 6.45. The number of imidazole rings is 1. The highest BCUT2D eigenvalue weighted by molar-refractivity contribution is 5.94. The molecule has 0 aromatic carbocycles. The van der Waals surface area contributed by atoms with Crippen LogP contribution in [0.5, 0.6) is 0 Å². The van der Waals surface area contributed by atoms with E-state index in [-0.39, 0.29) is 17.2 Å². The van der Waals surface area contributed by atoms with E-state index in [2.05, 4.69) is 29.5 Å². The van der Waals surface area contributed by atoms with Gasteiger partial charge in [-0.2, -0.15) is 0 Å². The lowest BCUT2D eigenvalue weighted by Gasteiger charge is -2.59. The third-order valence-electron chi connectivity index (χ3n) is 10.3. The third kappa shape index (κ3) is 3.23. The zero-order valence-corrected chi connectivity index (χ0v) is 20.9. The van der Waals surface area contributed by atoms with Crippen LogP contribution in [0.4, 0.5) is 5.82 Å². The molecule has 4 saturated carbocycles. The Labute approximate surface area is 207 Å². The Morgan fingerprint density at radius 2 is 2.00 bits per heavy atom. The van der Waals surface area contributed by atoms with Crippen molar-refractivity contribution in [1.82, 2.24) is 19.6 Å². The van der Waals surface area contributed by atoms with Crippen molar-refractivity contribution >= 4 is 23.3 Å². The molecule has 0 radical (unpaired) electrons. The fraction of sp³-hybridized carbons (Fsp3) is 0.679. The monoisotopic (exact) mass is 475 g/mol. The molecule has 1 spiro atoms. The molecule has 3 bridgehead atoms. The highest BCUT2D eigenvalue weighted by Gasteiger charge is 2.74. The smallest absolute Gasteiger partial charge is 0.274 e. The molecule has 3 heterocycles. The minimum atomic E-state index is -0.0356. The molecule has 5 fully saturated rings. The first kappa shape index (κ1) is 21.8. The van der Waals surface area contributed by atoms with E-state index in [9.17, 15) is 9.59 Å². The summed E-state index contributed by atoms with van der Waals surface area (Å²) in [6.45, 7) is 5.72. The normalized spacial score (nSPS) is 36.7. The molecule has 186 valence electrons. The summed E-state index contributed by atoms with van der Waals surface area (Å²) in [6.07, 6.45) is 11.5. The summed E-state index contributed by atoms with van der Waals surface area (Å²) in [4.78, 5) is 33.0. The van der Waals surface area contributed by atoms with Gasteiger partial charge in [-0.05, 0) is 85.7 Å².